The normalized spacial score (nSPS) is 21.2. The summed E-state index contributed by atoms with van der Waals surface area (Å²) in [5.41, 5.74) is 0. The summed E-state index contributed by atoms with van der Waals surface area (Å²) in [5.74, 6) is 0.367. The molecule has 2 rings (SSSR count). The standard InChI is InChI=1S/C12H19N5O2/c1-4-8(2)17-11(18)5-9(12(17)19)13-6-10-14-7-16(3)15-10/h7-9,13H,4-6H2,1-3H3. The highest BCUT2D eigenvalue weighted by Crippen LogP contribution is 2.18. The van der Waals surface area contributed by atoms with E-state index in [1.54, 1.807) is 18.1 Å². The van der Waals surface area contributed by atoms with Crippen LogP contribution in [0.25, 0.3) is 0 Å². The second-order valence-electron chi connectivity index (χ2n) is 4.83. The van der Waals surface area contributed by atoms with E-state index >= 15 is 0 Å². The van der Waals surface area contributed by atoms with Crippen LogP contribution in [0.4, 0.5) is 0 Å². The molecule has 0 aromatic carbocycles. The number of nitrogens with one attached hydrogen (secondary N) is 1. The molecule has 0 aliphatic carbocycles. The minimum absolute atomic E-state index is 0.0419. The number of carbonyl (C=O) groups excluding carboxylic acids is 2. The number of nitrogens with zero attached hydrogens (tertiary/aromatic N) is 4. The summed E-state index contributed by atoms with van der Waals surface area (Å²) >= 11 is 0. The number of imide groups is 1. The first-order chi connectivity index (χ1) is 9.02. The van der Waals surface area contributed by atoms with Crippen LogP contribution in [0.15, 0.2) is 6.33 Å². The topological polar surface area (TPSA) is 80.1 Å². The summed E-state index contributed by atoms with van der Waals surface area (Å²) in [6.07, 6.45) is 2.59. The van der Waals surface area contributed by atoms with E-state index in [0.29, 0.717) is 12.4 Å². The smallest absolute Gasteiger partial charge is 0.247 e. The molecule has 1 N–H and O–H groups in total. The van der Waals surface area contributed by atoms with Crippen molar-refractivity contribution >= 4 is 11.8 Å². The average molecular weight is 265 g/mol. The number of amides is 2. The third-order valence-electron chi connectivity index (χ3n) is 3.37. The van der Waals surface area contributed by atoms with Crippen LogP contribution in [0.3, 0.4) is 0 Å². The minimum atomic E-state index is -0.453. The van der Waals surface area contributed by atoms with Crippen molar-refractivity contribution in [2.24, 2.45) is 7.05 Å². The molecule has 1 aliphatic rings. The van der Waals surface area contributed by atoms with Crippen molar-refractivity contribution < 1.29 is 9.59 Å². The highest BCUT2D eigenvalue weighted by Gasteiger charge is 2.40. The first-order valence-electron chi connectivity index (χ1n) is 6.46. The first kappa shape index (κ1) is 13.7. The van der Waals surface area contributed by atoms with Crippen LogP contribution in [0.1, 0.15) is 32.5 Å². The van der Waals surface area contributed by atoms with E-state index in [1.165, 1.54) is 4.90 Å². The lowest BCUT2D eigenvalue weighted by atomic mass is 10.2. The fourth-order valence-corrected chi connectivity index (χ4v) is 2.14. The molecule has 1 aliphatic heterocycles. The van der Waals surface area contributed by atoms with Gasteiger partial charge in [-0.1, -0.05) is 6.92 Å². The molecule has 7 nitrogen and oxygen atoms in total. The summed E-state index contributed by atoms with van der Waals surface area (Å²) in [6, 6.07) is -0.495. The number of hydrogen-bond donors (Lipinski definition) is 1. The maximum Gasteiger partial charge on any atom is 0.247 e. The lowest BCUT2D eigenvalue weighted by Crippen LogP contribution is -2.42. The number of rotatable bonds is 5. The van der Waals surface area contributed by atoms with Gasteiger partial charge in [-0.05, 0) is 13.3 Å². The number of likely N-dealkylation sites (tertiary alicyclic amines) is 1. The van der Waals surface area contributed by atoms with Crippen molar-refractivity contribution in [1.82, 2.24) is 25.0 Å². The molecule has 0 radical (unpaired) electrons. The molecule has 1 aromatic rings. The van der Waals surface area contributed by atoms with Crippen molar-refractivity contribution in [3.63, 3.8) is 0 Å². The van der Waals surface area contributed by atoms with Gasteiger partial charge in [0.25, 0.3) is 0 Å². The summed E-state index contributed by atoms with van der Waals surface area (Å²) in [7, 11) is 1.78. The fraction of sp³-hybridized carbons (Fsp3) is 0.667. The Labute approximate surface area is 112 Å². The maximum absolute atomic E-state index is 12.1. The van der Waals surface area contributed by atoms with Crippen molar-refractivity contribution in [2.45, 2.75) is 45.3 Å². The highest BCUT2D eigenvalue weighted by molar-refractivity contribution is 6.05. The molecule has 1 fully saturated rings. The number of hydrogen-bond acceptors (Lipinski definition) is 5. The van der Waals surface area contributed by atoms with Gasteiger partial charge in [0.05, 0.1) is 19.0 Å². The van der Waals surface area contributed by atoms with Crippen molar-refractivity contribution in [1.29, 1.82) is 0 Å². The molecule has 7 heteroatoms. The van der Waals surface area contributed by atoms with Crippen LogP contribution in [0.5, 0.6) is 0 Å². The monoisotopic (exact) mass is 265 g/mol. The van der Waals surface area contributed by atoms with Gasteiger partial charge in [0, 0.05) is 13.1 Å². The quantitative estimate of drug-likeness (QED) is 0.748. The molecule has 2 heterocycles. The molecule has 2 atom stereocenters. The van der Waals surface area contributed by atoms with Crippen LogP contribution >= 0.6 is 0 Å². The molecular formula is C12H19N5O2. The number of aryl methyl sites for hydroxylation is 1. The van der Waals surface area contributed by atoms with E-state index in [4.69, 9.17) is 0 Å². The Hall–Kier alpha value is -1.76. The summed E-state index contributed by atoms with van der Waals surface area (Å²) < 4.78 is 1.60. The minimum Gasteiger partial charge on any atom is -0.298 e. The summed E-state index contributed by atoms with van der Waals surface area (Å²) in [5, 5.41) is 7.17. The fourth-order valence-electron chi connectivity index (χ4n) is 2.14. The zero-order chi connectivity index (χ0) is 14.0. The average Bonchev–Trinajstić information content (AvgIpc) is 2.90. The van der Waals surface area contributed by atoms with E-state index in [2.05, 4.69) is 15.4 Å². The Balaban J connectivity index is 1.95. The third kappa shape index (κ3) is 2.81. The summed E-state index contributed by atoms with van der Waals surface area (Å²) in [6.45, 7) is 4.24. The predicted octanol–water partition coefficient (Wildman–Crippen LogP) is -0.169. The van der Waals surface area contributed by atoms with Gasteiger partial charge in [-0.2, -0.15) is 5.10 Å². The molecule has 0 spiro atoms. The van der Waals surface area contributed by atoms with Crippen molar-refractivity contribution in [2.75, 3.05) is 0 Å². The van der Waals surface area contributed by atoms with Gasteiger partial charge in [-0.3, -0.25) is 24.5 Å². The molecule has 104 valence electrons. The predicted molar refractivity (Wildman–Crippen MR) is 67.9 cm³/mol. The van der Waals surface area contributed by atoms with Gasteiger partial charge < -0.3 is 0 Å². The van der Waals surface area contributed by atoms with Gasteiger partial charge in [0.1, 0.15) is 6.33 Å². The van der Waals surface area contributed by atoms with E-state index in [0.717, 1.165) is 6.42 Å². The lowest BCUT2D eigenvalue weighted by molar-refractivity contribution is -0.141. The molecule has 1 aromatic heterocycles. The first-order valence-corrected chi connectivity index (χ1v) is 6.46. The van der Waals surface area contributed by atoms with E-state index in [9.17, 15) is 9.59 Å². The molecular weight excluding hydrogens is 246 g/mol. The Morgan fingerprint density at radius 1 is 1.53 bits per heavy atom. The molecule has 19 heavy (non-hydrogen) atoms. The molecule has 0 saturated carbocycles. The van der Waals surface area contributed by atoms with E-state index in [1.807, 2.05) is 13.8 Å². The van der Waals surface area contributed by atoms with Gasteiger partial charge in [-0.25, -0.2) is 4.98 Å². The molecule has 1 saturated heterocycles. The second-order valence-corrected chi connectivity index (χ2v) is 4.83. The Morgan fingerprint density at radius 3 is 2.84 bits per heavy atom. The van der Waals surface area contributed by atoms with Crippen molar-refractivity contribution in [3.05, 3.63) is 12.2 Å². The highest BCUT2D eigenvalue weighted by atomic mass is 16.2. The molecule has 2 unspecified atom stereocenters. The number of aromatic nitrogens is 3. The van der Waals surface area contributed by atoms with Crippen LogP contribution in [-0.4, -0.2) is 43.6 Å². The Bertz CT molecular complexity index is 484. The number of carbonyl (C=O) groups is 2. The largest absolute Gasteiger partial charge is 0.298 e. The van der Waals surface area contributed by atoms with E-state index < -0.39 is 6.04 Å². The van der Waals surface area contributed by atoms with Gasteiger partial charge in [0.2, 0.25) is 11.8 Å². The second kappa shape index (κ2) is 5.48. The van der Waals surface area contributed by atoms with Crippen LogP contribution < -0.4 is 5.32 Å². The zero-order valence-corrected chi connectivity index (χ0v) is 11.5. The third-order valence-corrected chi connectivity index (χ3v) is 3.37. The Kier molecular flexibility index (Phi) is 3.94. The zero-order valence-electron chi connectivity index (χ0n) is 11.5. The van der Waals surface area contributed by atoms with Gasteiger partial charge in [-0.15, -0.1) is 0 Å². The van der Waals surface area contributed by atoms with Crippen molar-refractivity contribution in [3.8, 4) is 0 Å². The van der Waals surface area contributed by atoms with Crippen LogP contribution in [0, 0.1) is 0 Å². The SMILES string of the molecule is CCC(C)N1C(=O)CC(NCc2ncn(C)n2)C1=O. The van der Waals surface area contributed by atoms with E-state index in [-0.39, 0.29) is 24.3 Å². The summed E-state index contributed by atoms with van der Waals surface area (Å²) in [4.78, 5) is 29.4. The van der Waals surface area contributed by atoms with Gasteiger partial charge in [0.15, 0.2) is 5.82 Å². The van der Waals surface area contributed by atoms with Crippen LogP contribution in [-0.2, 0) is 23.2 Å². The molecule has 0 bridgehead atoms. The van der Waals surface area contributed by atoms with Gasteiger partial charge >= 0.3 is 0 Å². The maximum atomic E-state index is 12.1. The lowest BCUT2D eigenvalue weighted by Gasteiger charge is -2.21. The Morgan fingerprint density at radius 2 is 2.26 bits per heavy atom. The van der Waals surface area contributed by atoms with Crippen LogP contribution in [0.2, 0.25) is 0 Å². The molecule has 2 amide bonds.